The van der Waals surface area contributed by atoms with Gasteiger partial charge in [-0.2, -0.15) is 0 Å². The number of anilines is 2. The second-order valence-electron chi connectivity index (χ2n) is 6.97. The molecule has 4 aromatic rings. The van der Waals surface area contributed by atoms with E-state index in [0.717, 1.165) is 32.7 Å². The third kappa shape index (κ3) is 3.14. The van der Waals surface area contributed by atoms with Crippen LogP contribution in [0.25, 0.3) is 21.3 Å². The highest BCUT2D eigenvalue weighted by atomic mass is 32.1. The minimum Gasteiger partial charge on any atom is -0.397 e. The number of fused-ring (bicyclic) bond motifs is 1. The third-order valence-corrected chi connectivity index (χ3v) is 5.86. The monoisotopic (exact) mass is 387 g/mol. The molecule has 0 aliphatic rings. The number of aryl methyl sites for hydroxylation is 1. The smallest absolute Gasteiger partial charge is 0.205 e. The van der Waals surface area contributed by atoms with E-state index in [1.807, 2.05) is 57.4 Å². The van der Waals surface area contributed by atoms with Crippen molar-refractivity contribution < 1.29 is 4.79 Å². The van der Waals surface area contributed by atoms with Crippen LogP contribution >= 0.6 is 11.3 Å². The van der Waals surface area contributed by atoms with Gasteiger partial charge in [0.25, 0.3) is 0 Å². The van der Waals surface area contributed by atoms with Crippen molar-refractivity contribution in [2.75, 3.05) is 24.7 Å². The molecule has 0 fully saturated rings. The van der Waals surface area contributed by atoms with Gasteiger partial charge in [0.1, 0.15) is 9.71 Å². The molecule has 2 aromatic carbocycles. The lowest BCUT2D eigenvalue weighted by molar-refractivity contribution is 0.104. The highest BCUT2D eigenvalue weighted by molar-refractivity contribution is 7.21. The van der Waals surface area contributed by atoms with E-state index in [0.29, 0.717) is 16.1 Å². The first kappa shape index (κ1) is 18.2. The normalized spacial score (nSPS) is 11.0. The van der Waals surface area contributed by atoms with Gasteiger partial charge >= 0.3 is 0 Å². The molecule has 0 saturated carbocycles. The molecule has 0 bridgehead atoms. The summed E-state index contributed by atoms with van der Waals surface area (Å²) in [7, 11) is 4.03. The summed E-state index contributed by atoms with van der Waals surface area (Å²) in [5.41, 5.74) is 11.7. The first-order valence-electron chi connectivity index (χ1n) is 9.03. The summed E-state index contributed by atoms with van der Waals surface area (Å²) in [4.78, 5) is 21.0. The number of carbonyl (C=O) groups excluding carboxylic acids is 1. The van der Waals surface area contributed by atoms with Gasteiger partial charge in [-0.25, -0.2) is 4.98 Å². The van der Waals surface area contributed by atoms with Crippen molar-refractivity contribution >= 4 is 38.7 Å². The molecule has 5 heteroatoms. The summed E-state index contributed by atoms with van der Waals surface area (Å²) < 4.78 is 0. The third-order valence-electron chi connectivity index (χ3n) is 4.76. The number of nitrogens with zero attached hydrogens (tertiary/aromatic N) is 2. The average molecular weight is 388 g/mol. The molecule has 0 amide bonds. The van der Waals surface area contributed by atoms with Crippen molar-refractivity contribution in [3.05, 3.63) is 76.8 Å². The highest BCUT2D eigenvalue weighted by Gasteiger charge is 2.21. The van der Waals surface area contributed by atoms with Crippen molar-refractivity contribution in [1.82, 2.24) is 4.98 Å². The molecule has 0 radical (unpaired) electrons. The number of pyridine rings is 1. The molecule has 0 spiro atoms. The van der Waals surface area contributed by atoms with Crippen LogP contribution in [-0.4, -0.2) is 24.9 Å². The predicted molar refractivity (Wildman–Crippen MR) is 118 cm³/mol. The molecule has 0 aliphatic carbocycles. The van der Waals surface area contributed by atoms with Crippen molar-refractivity contribution in [3.8, 4) is 11.1 Å². The minimum absolute atomic E-state index is 0.0624. The van der Waals surface area contributed by atoms with E-state index >= 15 is 0 Å². The molecule has 2 N–H and O–H groups in total. The van der Waals surface area contributed by atoms with Gasteiger partial charge in [0, 0.05) is 36.4 Å². The SMILES string of the molecule is Cc1cc(-c2ccc(N(C)C)cc2)c2c(N)c(C(=O)c3ccccc3)sc2n1. The van der Waals surface area contributed by atoms with E-state index in [1.165, 1.54) is 11.3 Å². The van der Waals surface area contributed by atoms with Crippen molar-refractivity contribution in [2.24, 2.45) is 0 Å². The number of ketones is 1. The maximum absolute atomic E-state index is 13.0. The highest BCUT2D eigenvalue weighted by Crippen LogP contribution is 2.40. The molecule has 0 aliphatic heterocycles. The Morgan fingerprint density at radius 2 is 1.71 bits per heavy atom. The number of carbonyl (C=O) groups is 1. The van der Waals surface area contributed by atoms with Crippen LogP contribution in [0.1, 0.15) is 20.9 Å². The predicted octanol–water partition coefficient (Wildman–Crippen LogP) is 5.15. The molecule has 0 saturated heterocycles. The van der Waals surface area contributed by atoms with Crippen LogP contribution < -0.4 is 10.6 Å². The van der Waals surface area contributed by atoms with Gasteiger partial charge in [0.05, 0.1) is 5.69 Å². The zero-order valence-electron chi connectivity index (χ0n) is 16.1. The van der Waals surface area contributed by atoms with Gasteiger partial charge in [-0.05, 0) is 36.2 Å². The fourth-order valence-corrected chi connectivity index (χ4v) is 4.43. The van der Waals surface area contributed by atoms with Crippen molar-refractivity contribution in [2.45, 2.75) is 6.92 Å². The molecular weight excluding hydrogens is 366 g/mol. The van der Waals surface area contributed by atoms with E-state index in [2.05, 4.69) is 34.1 Å². The Bertz CT molecular complexity index is 1160. The Kier molecular flexibility index (Phi) is 4.61. The molecule has 4 rings (SSSR count). The molecular formula is C23H21N3OS. The largest absolute Gasteiger partial charge is 0.397 e. The standard InChI is InChI=1S/C23H21N3OS/c1-14-13-18(15-9-11-17(12-10-15)26(2)3)19-20(24)22(28-23(19)25-14)21(27)16-7-5-4-6-8-16/h4-13H,24H2,1-3H3. The van der Waals surface area contributed by atoms with Crippen LogP contribution in [0, 0.1) is 6.92 Å². The van der Waals surface area contributed by atoms with Crippen LogP contribution in [0.4, 0.5) is 11.4 Å². The van der Waals surface area contributed by atoms with Crippen LogP contribution in [0.5, 0.6) is 0 Å². The Morgan fingerprint density at radius 3 is 2.36 bits per heavy atom. The fourth-order valence-electron chi connectivity index (χ4n) is 3.30. The zero-order chi connectivity index (χ0) is 19.8. The molecule has 2 aromatic heterocycles. The average Bonchev–Trinajstić information content (AvgIpc) is 3.03. The van der Waals surface area contributed by atoms with Crippen LogP contribution in [-0.2, 0) is 0 Å². The lowest BCUT2D eigenvalue weighted by atomic mass is 10.00. The Balaban J connectivity index is 1.89. The number of nitrogen functional groups attached to an aromatic ring is 1. The van der Waals surface area contributed by atoms with E-state index in [1.54, 1.807) is 0 Å². The van der Waals surface area contributed by atoms with E-state index in [-0.39, 0.29) is 5.78 Å². The Morgan fingerprint density at radius 1 is 1.04 bits per heavy atom. The Labute approximate surface area is 168 Å². The molecule has 4 nitrogen and oxygen atoms in total. The molecule has 140 valence electrons. The quantitative estimate of drug-likeness (QED) is 0.492. The fraction of sp³-hybridized carbons (Fsp3) is 0.130. The lowest BCUT2D eigenvalue weighted by Crippen LogP contribution is -2.07. The maximum Gasteiger partial charge on any atom is 0.205 e. The van der Waals surface area contributed by atoms with Gasteiger partial charge in [-0.15, -0.1) is 11.3 Å². The number of hydrogen-bond donors (Lipinski definition) is 1. The second-order valence-corrected chi connectivity index (χ2v) is 7.97. The number of rotatable bonds is 4. The topological polar surface area (TPSA) is 59.2 Å². The molecule has 28 heavy (non-hydrogen) atoms. The summed E-state index contributed by atoms with van der Waals surface area (Å²) in [5, 5.41) is 0.854. The maximum atomic E-state index is 13.0. The van der Waals surface area contributed by atoms with Crippen LogP contribution in [0.15, 0.2) is 60.7 Å². The number of hydrogen-bond acceptors (Lipinski definition) is 5. The van der Waals surface area contributed by atoms with E-state index in [4.69, 9.17) is 5.73 Å². The summed E-state index contributed by atoms with van der Waals surface area (Å²) in [6.45, 7) is 1.96. The van der Waals surface area contributed by atoms with Gasteiger partial charge in [-0.1, -0.05) is 42.5 Å². The lowest BCUT2D eigenvalue weighted by Gasteiger charge is -2.13. The minimum atomic E-state index is -0.0624. The number of thiophene rings is 1. The van der Waals surface area contributed by atoms with E-state index in [9.17, 15) is 4.79 Å². The van der Waals surface area contributed by atoms with Gasteiger partial charge in [0.15, 0.2) is 0 Å². The summed E-state index contributed by atoms with van der Waals surface area (Å²) >= 11 is 1.36. The van der Waals surface area contributed by atoms with Crippen LogP contribution in [0.3, 0.4) is 0 Å². The van der Waals surface area contributed by atoms with E-state index < -0.39 is 0 Å². The van der Waals surface area contributed by atoms with Crippen molar-refractivity contribution in [3.63, 3.8) is 0 Å². The molecule has 2 heterocycles. The van der Waals surface area contributed by atoms with Crippen LogP contribution in [0.2, 0.25) is 0 Å². The molecule has 0 atom stereocenters. The number of nitrogens with two attached hydrogens (primary N) is 1. The molecule has 0 unspecified atom stereocenters. The summed E-state index contributed by atoms with van der Waals surface area (Å²) in [5.74, 6) is -0.0624. The van der Waals surface area contributed by atoms with Gasteiger partial charge < -0.3 is 10.6 Å². The van der Waals surface area contributed by atoms with Crippen molar-refractivity contribution in [1.29, 1.82) is 0 Å². The number of aromatic nitrogens is 1. The second kappa shape index (κ2) is 7.09. The Hall–Kier alpha value is -3.18. The zero-order valence-corrected chi connectivity index (χ0v) is 16.9. The summed E-state index contributed by atoms with van der Waals surface area (Å²) in [6, 6.07) is 19.6. The number of benzene rings is 2. The van der Waals surface area contributed by atoms with Gasteiger partial charge in [0.2, 0.25) is 5.78 Å². The summed E-state index contributed by atoms with van der Waals surface area (Å²) in [6.07, 6.45) is 0. The first-order valence-corrected chi connectivity index (χ1v) is 9.84. The van der Waals surface area contributed by atoms with Gasteiger partial charge in [-0.3, -0.25) is 4.79 Å². The first-order chi connectivity index (χ1) is 13.5.